The number of nitrogens with one attached hydrogen (secondary N) is 1. The van der Waals surface area contributed by atoms with Crippen LogP contribution in [0.5, 0.6) is 0 Å². The molecule has 1 saturated heterocycles. The second kappa shape index (κ2) is 3.79. The Hall–Kier alpha value is -1.55. The Morgan fingerprint density at radius 1 is 1.44 bits per heavy atom. The van der Waals surface area contributed by atoms with Gasteiger partial charge in [-0.25, -0.2) is 4.98 Å². The molecule has 3 rings (SSSR count). The minimum atomic E-state index is 0.554. The zero-order chi connectivity index (χ0) is 11.0. The van der Waals surface area contributed by atoms with Crippen molar-refractivity contribution in [2.75, 3.05) is 25.5 Å². The Labute approximate surface area is 94.9 Å². The number of pyridine rings is 1. The van der Waals surface area contributed by atoms with Gasteiger partial charge in [0.1, 0.15) is 11.5 Å². The van der Waals surface area contributed by atoms with Gasteiger partial charge in [-0.1, -0.05) is 6.07 Å². The molecule has 0 amide bonds. The smallest absolute Gasteiger partial charge is 0.138 e. The van der Waals surface area contributed by atoms with Gasteiger partial charge in [0.2, 0.25) is 0 Å². The highest BCUT2D eigenvalue weighted by Crippen LogP contribution is 2.16. The van der Waals surface area contributed by atoms with E-state index in [0.29, 0.717) is 6.04 Å². The van der Waals surface area contributed by atoms with Gasteiger partial charge in [0, 0.05) is 25.0 Å². The summed E-state index contributed by atoms with van der Waals surface area (Å²) in [6, 6.07) is 6.72. The molecule has 0 spiro atoms. The van der Waals surface area contributed by atoms with Crippen molar-refractivity contribution in [2.45, 2.75) is 12.5 Å². The lowest BCUT2D eigenvalue weighted by Gasteiger charge is -2.15. The Bertz CT molecular complexity index is 490. The first-order valence-corrected chi connectivity index (χ1v) is 5.70. The third-order valence-corrected chi connectivity index (χ3v) is 3.17. The molecule has 0 radical (unpaired) electrons. The van der Waals surface area contributed by atoms with E-state index in [4.69, 9.17) is 0 Å². The quantitative estimate of drug-likeness (QED) is 0.824. The highest BCUT2D eigenvalue weighted by molar-refractivity contribution is 5.50. The van der Waals surface area contributed by atoms with Crippen LogP contribution in [0.2, 0.25) is 0 Å². The van der Waals surface area contributed by atoms with Gasteiger partial charge in [-0.15, -0.1) is 0 Å². The topological polar surface area (TPSA) is 32.6 Å². The fourth-order valence-electron chi connectivity index (χ4n) is 2.33. The predicted molar refractivity (Wildman–Crippen MR) is 64.7 cm³/mol. The summed E-state index contributed by atoms with van der Waals surface area (Å²) in [6.07, 6.45) is 5.04. The molecule has 1 fully saturated rings. The summed E-state index contributed by atoms with van der Waals surface area (Å²) in [5.41, 5.74) is 0.997. The van der Waals surface area contributed by atoms with Crippen LogP contribution in [0.3, 0.4) is 0 Å². The van der Waals surface area contributed by atoms with E-state index in [9.17, 15) is 0 Å². The molecule has 2 aromatic heterocycles. The molecule has 0 aliphatic carbocycles. The normalized spacial score (nSPS) is 21.7. The SMILES string of the molecule is CN1CCC(Nc2cccc3nccn23)C1. The molecule has 1 atom stereocenters. The number of hydrogen-bond donors (Lipinski definition) is 1. The molecule has 1 N–H and O–H groups in total. The lowest BCUT2D eigenvalue weighted by molar-refractivity contribution is 0.414. The standard InChI is InChI=1S/C12H16N4/c1-15-7-5-10(9-15)14-12-4-2-3-11-13-6-8-16(11)12/h2-4,6,8,10,14H,5,7,9H2,1H3. The van der Waals surface area contributed by atoms with Crippen molar-refractivity contribution in [1.82, 2.24) is 14.3 Å². The van der Waals surface area contributed by atoms with E-state index in [2.05, 4.69) is 32.7 Å². The molecule has 4 nitrogen and oxygen atoms in total. The van der Waals surface area contributed by atoms with E-state index in [-0.39, 0.29) is 0 Å². The van der Waals surface area contributed by atoms with Gasteiger partial charge in [-0.05, 0) is 32.1 Å². The van der Waals surface area contributed by atoms with Gasteiger partial charge < -0.3 is 10.2 Å². The number of aromatic nitrogens is 2. The first-order valence-electron chi connectivity index (χ1n) is 5.70. The van der Waals surface area contributed by atoms with E-state index < -0.39 is 0 Å². The van der Waals surface area contributed by atoms with Crippen LogP contribution in [0, 0.1) is 0 Å². The van der Waals surface area contributed by atoms with Crippen LogP contribution in [0.4, 0.5) is 5.82 Å². The average molecular weight is 216 g/mol. The van der Waals surface area contributed by atoms with Crippen LogP contribution in [-0.2, 0) is 0 Å². The molecule has 16 heavy (non-hydrogen) atoms. The molecule has 3 heterocycles. The molecule has 1 unspecified atom stereocenters. The van der Waals surface area contributed by atoms with Crippen molar-refractivity contribution in [3.8, 4) is 0 Å². The first-order chi connectivity index (χ1) is 7.83. The number of likely N-dealkylation sites (N-methyl/N-ethyl adjacent to an activating group) is 1. The summed E-state index contributed by atoms with van der Waals surface area (Å²) in [5, 5.41) is 3.58. The van der Waals surface area contributed by atoms with Crippen molar-refractivity contribution >= 4 is 11.5 Å². The first kappa shape index (κ1) is 9.66. The molecule has 4 heteroatoms. The van der Waals surface area contributed by atoms with Crippen LogP contribution in [0.25, 0.3) is 5.65 Å². The summed E-state index contributed by atoms with van der Waals surface area (Å²) >= 11 is 0. The summed E-state index contributed by atoms with van der Waals surface area (Å²) in [4.78, 5) is 6.63. The molecule has 2 aromatic rings. The van der Waals surface area contributed by atoms with Crippen molar-refractivity contribution in [1.29, 1.82) is 0 Å². The molecule has 84 valence electrons. The lowest BCUT2D eigenvalue weighted by atomic mass is 10.2. The maximum atomic E-state index is 4.28. The Kier molecular flexibility index (Phi) is 2.29. The van der Waals surface area contributed by atoms with Crippen molar-refractivity contribution in [3.63, 3.8) is 0 Å². The molecular weight excluding hydrogens is 200 g/mol. The number of nitrogens with zero attached hydrogens (tertiary/aromatic N) is 3. The maximum absolute atomic E-state index is 4.28. The van der Waals surface area contributed by atoms with Gasteiger partial charge in [0.05, 0.1) is 0 Å². The second-order valence-corrected chi connectivity index (χ2v) is 4.46. The summed E-state index contributed by atoms with van der Waals surface area (Å²) in [6.45, 7) is 2.29. The van der Waals surface area contributed by atoms with Gasteiger partial charge in [0.15, 0.2) is 0 Å². The number of anilines is 1. The van der Waals surface area contributed by atoms with Gasteiger partial charge in [-0.2, -0.15) is 0 Å². The number of likely N-dealkylation sites (tertiary alicyclic amines) is 1. The number of imidazole rings is 1. The van der Waals surface area contributed by atoms with E-state index >= 15 is 0 Å². The Balaban J connectivity index is 1.86. The van der Waals surface area contributed by atoms with Crippen LogP contribution < -0.4 is 5.32 Å². The van der Waals surface area contributed by atoms with Crippen LogP contribution >= 0.6 is 0 Å². The monoisotopic (exact) mass is 216 g/mol. The number of rotatable bonds is 2. The fourth-order valence-corrected chi connectivity index (χ4v) is 2.33. The van der Waals surface area contributed by atoms with Crippen molar-refractivity contribution in [2.24, 2.45) is 0 Å². The minimum Gasteiger partial charge on any atom is -0.367 e. The molecule has 0 aromatic carbocycles. The molecule has 0 bridgehead atoms. The van der Waals surface area contributed by atoms with Gasteiger partial charge in [0.25, 0.3) is 0 Å². The minimum absolute atomic E-state index is 0.554. The van der Waals surface area contributed by atoms with E-state index in [1.807, 2.05) is 24.5 Å². The zero-order valence-corrected chi connectivity index (χ0v) is 9.43. The molecular formula is C12H16N4. The molecule has 1 aliphatic heterocycles. The fraction of sp³-hybridized carbons (Fsp3) is 0.417. The van der Waals surface area contributed by atoms with Crippen LogP contribution in [0.1, 0.15) is 6.42 Å². The van der Waals surface area contributed by atoms with Gasteiger partial charge >= 0.3 is 0 Å². The maximum Gasteiger partial charge on any atom is 0.138 e. The third-order valence-electron chi connectivity index (χ3n) is 3.17. The van der Waals surface area contributed by atoms with E-state index in [1.54, 1.807) is 0 Å². The van der Waals surface area contributed by atoms with E-state index in [0.717, 1.165) is 18.0 Å². The highest BCUT2D eigenvalue weighted by atomic mass is 15.2. The van der Waals surface area contributed by atoms with Crippen molar-refractivity contribution < 1.29 is 0 Å². The summed E-state index contributed by atoms with van der Waals surface area (Å²) in [5.74, 6) is 1.13. The van der Waals surface area contributed by atoms with Crippen LogP contribution in [0.15, 0.2) is 30.6 Å². The molecule has 0 saturated carbocycles. The second-order valence-electron chi connectivity index (χ2n) is 4.46. The summed E-state index contributed by atoms with van der Waals surface area (Å²) < 4.78 is 2.10. The number of hydrogen-bond acceptors (Lipinski definition) is 3. The predicted octanol–water partition coefficient (Wildman–Crippen LogP) is 1.45. The average Bonchev–Trinajstić information content (AvgIpc) is 2.87. The van der Waals surface area contributed by atoms with E-state index in [1.165, 1.54) is 13.0 Å². The third kappa shape index (κ3) is 1.65. The molecule has 1 aliphatic rings. The zero-order valence-electron chi connectivity index (χ0n) is 9.43. The Morgan fingerprint density at radius 3 is 3.19 bits per heavy atom. The van der Waals surface area contributed by atoms with Gasteiger partial charge in [-0.3, -0.25) is 4.40 Å². The Morgan fingerprint density at radius 2 is 2.38 bits per heavy atom. The lowest BCUT2D eigenvalue weighted by Crippen LogP contribution is -2.24. The largest absolute Gasteiger partial charge is 0.367 e. The highest BCUT2D eigenvalue weighted by Gasteiger charge is 2.19. The number of fused-ring (bicyclic) bond motifs is 1. The van der Waals surface area contributed by atoms with Crippen molar-refractivity contribution in [3.05, 3.63) is 30.6 Å². The summed E-state index contributed by atoms with van der Waals surface area (Å²) in [7, 11) is 2.17. The van der Waals surface area contributed by atoms with Crippen LogP contribution in [-0.4, -0.2) is 40.5 Å².